The molecule has 3 N–H and O–H groups in total. The van der Waals surface area contributed by atoms with Crippen molar-refractivity contribution in [1.29, 1.82) is 5.26 Å². The van der Waals surface area contributed by atoms with Crippen LogP contribution in [0.2, 0.25) is 0 Å². The van der Waals surface area contributed by atoms with Crippen molar-refractivity contribution in [1.82, 2.24) is 15.6 Å². The molecular weight excluding hydrogens is 456 g/mol. The predicted molar refractivity (Wildman–Crippen MR) is 125 cm³/mol. The minimum atomic E-state index is -3.70. The summed E-state index contributed by atoms with van der Waals surface area (Å²) < 4.78 is 31.9. The molecule has 0 fully saturated rings. The van der Waals surface area contributed by atoms with Crippen molar-refractivity contribution in [2.45, 2.75) is 11.3 Å². The maximum atomic E-state index is 12.1. The fourth-order valence-electron chi connectivity index (χ4n) is 2.85. The summed E-state index contributed by atoms with van der Waals surface area (Å²) in [7, 11) is -3.70. The highest BCUT2D eigenvalue weighted by Gasteiger charge is 2.13. The molecule has 0 aliphatic carbocycles. The molecule has 0 bridgehead atoms. The molecule has 3 rings (SSSR count). The molecule has 0 saturated heterocycles. The summed E-state index contributed by atoms with van der Waals surface area (Å²) in [5, 5.41) is 8.87. The number of carbonyl (C=O) groups is 2. The van der Waals surface area contributed by atoms with E-state index in [9.17, 15) is 18.0 Å². The number of nitrogens with zero attached hydrogens (tertiary/aromatic N) is 1. The first kappa shape index (κ1) is 24.4. The second-order valence-electron chi connectivity index (χ2n) is 7.06. The zero-order valence-corrected chi connectivity index (χ0v) is 18.8. The van der Waals surface area contributed by atoms with Gasteiger partial charge in [0.1, 0.15) is 5.75 Å². The fourth-order valence-corrected chi connectivity index (χ4v) is 3.90. The lowest BCUT2D eigenvalue weighted by Gasteiger charge is -2.10. The molecule has 174 valence electrons. The summed E-state index contributed by atoms with van der Waals surface area (Å²) in [6.07, 6.45) is -0.163. The molecule has 0 radical (unpaired) electrons. The SMILES string of the molecule is N#Cc1ccc(-c2ccc(OCC(=O)NNC(=O)CCNS(=O)(=O)c3ccccc3)cc2)cc1. The van der Waals surface area contributed by atoms with E-state index in [0.717, 1.165) is 11.1 Å². The van der Waals surface area contributed by atoms with Crippen LogP contribution in [0.4, 0.5) is 0 Å². The topological polar surface area (TPSA) is 137 Å². The summed E-state index contributed by atoms with van der Waals surface area (Å²) in [6.45, 7) is -0.446. The van der Waals surface area contributed by atoms with Crippen LogP contribution in [-0.2, 0) is 19.6 Å². The summed E-state index contributed by atoms with van der Waals surface area (Å²) in [4.78, 5) is 23.8. The van der Waals surface area contributed by atoms with E-state index in [4.69, 9.17) is 10.00 Å². The normalized spacial score (nSPS) is 10.7. The Morgan fingerprint density at radius 2 is 1.41 bits per heavy atom. The van der Waals surface area contributed by atoms with Gasteiger partial charge in [0.25, 0.3) is 5.91 Å². The Labute approximate surface area is 197 Å². The minimum Gasteiger partial charge on any atom is -0.484 e. The molecule has 0 aliphatic rings. The van der Waals surface area contributed by atoms with Crippen molar-refractivity contribution >= 4 is 21.8 Å². The van der Waals surface area contributed by atoms with Crippen LogP contribution in [0.1, 0.15) is 12.0 Å². The number of amides is 2. The number of sulfonamides is 1. The first-order valence-corrected chi connectivity index (χ1v) is 11.7. The zero-order chi connectivity index (χ0) is 24.4. The van der Waals surface area contributed by atoms with Crippen molar-refractivity contribution in [2.24, 2.45) is 0 Å². The number of hydrazine groups is 1. The van der Waals surface area contributed by atoms with E-state index in [1.807, 2.05) is 24.3 Å². The van der Waals surface area contributed by atoms with E-state index in [2.05, 4.69) is 21.6 Å². The van der Waals surface area contributed by atoms with Gasteiger partial charge in [0.2, 0.25) is 15.9 Å². The van der Waals surface area contributed by atoms with E-state index in [1.54, 1.807) is 42.5 Å². The van der Waals surface area contributed by atoms with Crippen LogP contribution in [0.5, 0.6) is 5.75 Å². The van der Waals surface area contributed by atoms with E-state index >= 15 is 0 Å². The lowest BCUT2D eigenvalue weighted by atomic mass is 10.0. The molecule has 9 nitrogen and oxygen atoms in total. The van der Waals surface area contributed by atoms with E-state index in [1.165, 1.54) is 12.1 Å². The maximum Gasteiger partial charge on any atom is 0.276 e. The number of rotatable bonds is 9. The predicted octanol–water partition coefficient (Wildman–Crippen LogP) is 2.12. The lowest BCUT2D eigenvalue weighted by molar-refractivity contribution is -0.129. The summed E-state index contributed by atoms with van der Waals surface area (Å²) in [5.74, 6) is -0.667. The Hall–Kier alpha value is -4.20. The Morgan fingerprint density at radius 3 is 2.03 bits per heavy atom. The van der Waals surface area contributed by atoms with Gasteiger partial charge in [-0.1, -0.05) is 42.5 Å². The van der Waals surface area contributed by atoms with Gasteiger partial charge >= 0.3 is 0 Å². The third-order valence-electron chi connectivity index (χ3n) is 4.61. The third-order valence-corrected chi connectivity index (χ3v) is 6.09. The highest BCUT2D eigenvalue weighted by Crippen LogP contribution is 2.22. The van der Waals surface area contributed by atoms with Crippen LogP contribution >= 0.6 is 0 Å². The molecule has 0 heterocycles. The van der Waals surface area contributed by atoms with Crippen LogP contribution in [0, 0.1) is 11.3 Å². The number of ether oxygens (including phenoxy) is 1. The van der Waals surface area contributed by atoms with Gasteiger partial charge in [-0.05, 0) is 47.5 Å². The molecule has 0 unspecified atom stereocenters. The van der Waals surface area contributed by atoms with Gasteiger partial charge in [0.15, 0.2) is 6.61 Å². The van der Waals surface area contributed by atoms with Gasteiger partial charge in [-0.25, -0.2) is 13.1 Å². The fraction of sp³-hybridized carbons (Fsp3) is 0.125. The highest BCUT2D eigenvalue weighted by molar-refractivity contribution is 7.89. The smallest absolute Gasteiger partial charge is 0.276 e. The molecule has 0 aliphatic heterocycles. The Bertz CT molecular complexity index is 1270. The first-order valence-electron chi connectivity index (χ1n) is 10.2. The van der Waals surface area contributed by atoms with E-state index in [-0.39, 0.29) is 24.5 Å². The molecule has 0 atom stereocenters. The molecular formula is C24H22N4O5S. The van der Waals surface area contributed by atoms with Gasteiger partial charge in [-0.3, -0.25) is 20.4 Å². The number of nitrogens with one attached hydrogen (secondary N) is 3. The monoisotopic (exact) mass is 478 g/mol. The Kier molecular flexibility index (Phi) is 8.34. The quantitative estimate of drug-likeness (QED) is 0.403. The lowest BCUT2D eigenvalue weighted by Crippen LogP contribution is -2.44. The molecule has 3 aromatic rings. The average molecular weight is 479 g/mol. The van der Waals surface area contributed by atoms with Crippen molar-refractivity contribution in [3.8, 4) is 22.9 Å². The second-order valence-corrected chi connectivity index (χ2v) is 8.83. The van der Waals surface area contributed by atoms with Crippen LogP contribution in [0.25, 0.3) is 11.1 Å². The molecule has 0 saturated carbocycles. The van der Waals surface area contributed by atoms with Crippen molar-refractivity contribution in [3.05, 3.63) is 84.4 Å². The minimum absolute atomic E-state index is 0.103. The van der Waals surface area contributed by atoms with Crippen molar-refractivity contribution in [3.63, 3.8) is 0 Å². The first-order chi connectivity index (χ1) is 16.4. The number of nitriles is 1. The maximum absolute atomic E-state index is 12.1. The van der Waals surface area contributed by atoms with E-state index < -0.39 is 21.8 Å². The molecule has 3 aromatic carbocycles. The van der Waals surface area contributed by atoms with Crippen LogP contribution in [0.15, 0.2) is 83.8 Å². The van der Waals surface area contributed by atoms with Crippen LogP contribution < -0.4 is 20.3 Å². The zero-order valence-electron chi connectivity index (χ0n) is 18.0. The molecule has 0 spiro atoms. The summed E-state index contributed by atoms with van der Waals surface area (Å²) in [6, 6.07) is 24.1. The van der Waals surface area contributed by atoms with Crippen LogP contribution in [0.3, 0.4) is 0 Å². The number of hydrogen-bond donors (Lipinski definition) is 3. The molecule has 34 heavy (non-hydrogen) atoms. The molecule has 0 aromatic heterocycles. The van der Waals surface area contributed by atoms with Crippen LogP contribution in [-0.4, -0.2) is 33.4 Å². The molecule has 10 heteroatoms. The standard InChI is InChI=1S/C24H22N4O5S/c25-16-18-6-8-19(9-7-18)20-10-12-21(13-11-20)33-17-24(30)28-27-23(29)14-15-26-34(31,32)22-4-2-1-3-5-22/h1-13,26H,14-15,17H2,(H,27,29)(H,28,30). The van der Waals surface area contributed by atoms with E-state index in [0.29, 0.717) is 11.3 Å². The van der Waals surface area contributed by atoms with Gasteiger partial charge < -0.3 is 4.74 Å². The van der Waals surface area contributed by atoms with Gasteiger partial charge in [-0.15, -0.1) is 0 Å². The third kappa shape index (κ3) is 7.16. The number of benzene rings is 3. The highest BCUT2D eigenvalue weighted by atomic mass is 32.2. The Balaban J connectivity index is 1.37. The average Bonchev–Trinajstić information content (AvgIpc) is 2.87. The largest absolute Gasteiger partial charge is 0.484 e. The molecule has 2 amide bonds. The number of carbonyl (C=O) groups excluding carboxylic acids is 2. The summed E-state index contributed by atoms with van der Waals surface area (Å²) >= 11 is 0. The van der Waals surface area contributed by atoms with Gasteiger partial charge in [0, 0.05) is 13.0 Å². The number of hydrogen-bond acceptors (Lipinski definition) is 6. The second kappa shape index (κ2) is 11.6. The van der Waals surface area contributed by atoms with Gasteiger partial charge in [0.05, 0.1) is 16.5 Å². The Morgan fingerprint density at radius 1 is 0.824 bits per heavy atom. The van der Waals surface area contributed by atoms with Crippen molar-refractivity contribution < 1.29 is 22.7 Å². The van der Waals surface area contributed by atoms with Gasteiger partial charge in [-0.2, -0.15) is 5.26 Å². The summed E-state index contributed by atoms with van der Waals surface area (Å²) in [5.41, 5.74) is 6.87. The van der Waals surface area contributed by atoms with Crippen molar-refractivity contribution in [2.75, 3.05) is 13.2 Å².